The largest absolute Gasteiger partial charge is 0.365 e. The van der Waals surface area contributed by atoms with Gasteiger partial charge in [-0.1, -0.05) is 0 Å². The van der Waals surface area contributed by atoms with E-state index in [-0.39, 0.29) is 18.8 Å². The number of hydrogen-bond donors (Lipinski definition) is 0. The third-order valence-electron chi connectivity index (χ3n) is 3.78. The lowest BCUT2D eigenvalue weighted by Gasteiger charge is -2.28. The minimum Gasteiger partial charge on any atom is -0.365 e. The minimum absolute atomic E-state index is 0.0193. The highest BCUT2D eigenvalue weighted by molar-refractivity contribution is 5.50. The van der Waals surface area contributed by atoms with Gasteiger partial charge >= 0.3 is 0 Å². The van der Waals surface area contributed by atoms with Crippen molar-refractivity contribution in [2.75, 3.05) is 13.2 Å². The predicted octanol–water partition coefficient (Wildman–Crippen LogP) is 0.598. The van der Waals surface area contributed by atoms with Gasteiger partial charge in [0.1, 0.15) is 37.3 Å². The molecule has 0 radical (unpaired) electrons. The Balaban J connectivity index is 1.73. The molecule has 0 aromatic heterocycles. The molecule has 3 aliphatic heterocycles. The molecule has 0 aromatic rings. The number of fused-ring (bicyclic) bond motifs is 1. The second kappa shape index (κ2) is 5.26. The molecular weight excluding hydrogens is 280 g/mol. The van der Waals surface area contributed by atoms with E-state index in [2.05, 4.69) is 0 Å². The Morgan fingerprint density at radius 1 is 1.10 bits per heavy atom. The zero-order valence-electron chi connectivity index (χ0n) is 12.7. The summed E-state index contributed by atoms with van der Waals surface area (Å²) in [5, 5.41) is 0. The summed E-state index contributed by atoms with van der Waals surface area (Å²) >= 11 is 0. The standard InChI is InChI=1S/C14H22O7/c1-13(2)17-7-8(19-13)9-10(16-6-5-15)11-12(18-9)21-14(3,4)20-11/h5,8-12H,6-7H2,1-4H3/t8-,9-,10+,11-,12-/m1/s1. The van der Waals surface area contributed by atoms with Crippen molar-refractivity contribution in [2.24, 2.45) is 0 Å². The highest BCUT2D eigenvalue weighted by Gasteiger charge is 2.58. The molecule has 21 heavy (non-hydrogen) atoms. The zero-order valence-corrected chi connectivity index (χ0v) is 12.7. The summed E-state index contributed by atoms with van der Waals surface area (Å²) in [4.78, 5) is 10.6. The molecule has 3 rings (SSSR count). The average Bonchev–Trinajstić information content (AvgIpc) is 2.96. The second-order valence-electron chi connectivity index (χ2n) is 6.40. The van der Waals surface area contributed by atoms with Crippen LogP contribution < -0.4 is 0 Å². The molecule has 0 saturated carbocycles. The first-order valence-corrected chi connectivity index (χ1v) is 7.19. The fourth-order valence-electron chi connectivity index (χ4n) is 3.02. The van der Waals surface area contributed by atoms with E-state index >= 15 is 0 Å². The van der Waals surface area contributed by atoms with Gasteiger partial charge in [0.25, 0.3) is 0 Å². The Morgan fingerprint density at radius 2 is 1.86 bits per heavy atom. The molecule has 120 valence electrons. The molecule has 0 bridgehead atoms. The van der Waals surface area contributed by atoms with Crippen LogP contribution in [-0.2, 0) is 33.2 Å². The molecule has 5 atom stereocenters. The van der Waals surface area contributed by atoms with Crippen molar-refractivity contribution in [3.63, 3.8) is 0 Å². The summed E-state index contributed by atoms with van der Waals surface area (Å²) in [5.41, 5.74) is 0. The summed E-state index contributed by atoms with van der Waals surface area (Å²) in [6, 6.07) is 0. The Morgan fingerprint density at radius 3 is 2.48 bits per heavy atom. The number of rotatable bonds is 4. The SMILES string of the molecule is CC1(C)O[C@H]2O[C@H]([C@H]3COC(C)(C)O3)[C@H](OCC=O)[C@H]2O1. The van der Waals surface area contributed by atoms with Gasteiger partial charge in [-0.15, -0.1) is 0 Å². The number of aldehydes is 1. The first-order valence-electron chi connectivity index (χ1n) is 7.19. The maximum atomic E-state index is 10.6. The number of ether oxygens (including phenoxy) is 6. The molecule has 0 aromatic carbocycles. The van der Waals surface area contributed by atoms with Crippen LogP contribution in [0.1, 0.15) is 27.7 Å². The molecule has 3 saturated heterocycles. The van der Waals surface area contributed by atoms with Gasteiger partial charge in [-0.2, -0.15) is 0 Å². The molecule has 0 aliphatic carbocycles. The van der Waals surface area contributed by atoms with Crippen LogP contribution in [-0.4, -0.2) is 61.8 Å². The van der Waals surface area contributed by atoms with Crippen LogP contribution in [0.5, 0.6) is 0 Å². The van der Waals surface area contributed by atoms with E-state index < -0.39 is 30.1 Å². The molecule has 7 heteroatoms. The fourth-order valence-corrected chi connectivity index (χ4v) is 3.02. The van der Waals surface area contributed by atoms with Crippen molar-refractivity contribution < 1.29 is 33.2 Å². The van der Waals surface area contributed by atoms with Gasteiger partial charge in [-0.25, -0.2) is 0 Å². The van der Waals surface area contributed by atoms with Crippen molar-refractivity contribution in [3.8, 4) is 0 Å². The molecule has 7 nitrogen and oxygen atoms in total. The van der Waals surface area contributed by atoms with Gasteiger partial charge in [0, 0.05) is 0 Å². The van der Waals surface area contributed by atoms with Gasteiger partial charge in [0.15, 0.2) is 17.9 Å². The summed E-state index contributed by atoms with van der Waals surface area (Å²) in [6.45, 7) is 7.72. The van der Waals surface area contributed by atoms with Crippen LogP contribution >= 0.6 is 0 Å². The van der Waals surface area contributed by atoms with Crippen LogP contribution in [0.2, 0.25) is 0 Å². The third-order valence-corrected chi connectivity index (χ3v) is 3.78. The third kappa shape index (κ3) is 2.99. The van der Waals surface area contributed by atoms with Crippen molar-refractivity contribution >= 4 is 6.29 Å². The smallest absolute Gasteiger partial charge is 0.190 e. The van der Waals surface area contributed by atoms with E-state index in [1.807, 2.05) is 27.7 Å². The number of hydrogen-bond acceptors (Lipinski definition) is 7. The first-order chi connectivity index (χ1) is 9.81. The van der Waals surface area contributed by atoms with E-state index in [0.29, 0.717) is 12.9 Å². The monoisotopic (exact) mass is 302 g/mol. The normalized spacial score (nSPS) is 43.9. The summed E-state index contributed by atoms with van der Waals surface area (Å²) in [5.74, 6) is -1.38. The Kier molecular flexibility index (Phi) is 3.84. The van der Waals surface area contributed by atoms with Gasteiger partial charge in [-0.3, -0.25) is 0 Å². The maximum absolute atomic E-state index is 10.6. The zero-order chi connectivity index (χ0) is 15.3. The summed E-state index contributed by atoms with van der Waals surface area (Å²) in [6.07, 6.45) is -1.28. The first kappa shape index (κ1) is 15.3. The van der Waals surface area contributed by atoms with E-state index in [4.69, 9.17) is 28.4 Å². The maximum Gasteiger partial charge on any atom is 0.190 e. The quantitative estimate of drug-likeness (QED) is 0.704. The van der Waals surface area contributed by atoms with Crippen LogP contribution in [0.4, 0.5) is 0 Å². The van der Waals surface area contributed by atoms with Crippen LogP contribution in [0.15, 0.2) is 0 Å². The topological polar surface area (TPSA) is 72.5 Å². The van der Waals surface area contributed by atoms with E-state index in [9.17, 15) is 4.79 Å². The van der Waals surface area contributed by atoms with Crippen LogP contribution in [0.3, 0.4) is 0 Å². The minimum atomic E-state index is -0.727. The van der Waals surface area contributed by atoms with Crippen molar-refractivity contribution in [3.05, 3.63) is 0 Å². The molecule has 3 fully saturated rings. The second-order valence-corrected chi connectivity index (χ2v) is 6.40. The predicted molar refractivity (Wildman–Crippen MR) is 69.4 cm³/mol. The van der Waals surface area contributed by atoms with Crippen molar-refractivity contribution in [2.45, 2.75) is 70.0 Å². The molecule has 3 aliphatic rings. The molecular formula is C14H22O7. The highest BCUT2D eigenvalue weighted by Crippen LogP contribution is 2.41. The van der Waals surface area contributed by atoms with Crippen molar-refractivity contribution in [1.82, 2.24) is 0 Å². The van der Waals surface area contributed by atoms with Gasteiger partial charge in [-0.05, 0) is 27.7 Å². The molecule has 0 spiro atoms. The molecule has 0 amide bonds. The van der Waals surface area contributed by atoms with E-state index in [1.165, 1.54) is 0 Å². The molecule has 0 N–H and O–H groups in total. The fraction of sp³-hybridized carbons (Fsp3) is 0.929. The lowest BCUT2D eigenvalue weighted by Crippen LogP contribution is -2.44. The Bertz CT molecular complexity index is 408. The van der Waals surface area contributed by atoms with E-state index in [0.717, 1.165) is 0 Å². The Hall–Kier alpha value is -0.570. The highest BCUT2D eigenvalue weighted by atomic mass is 16.8. The molecule has 3 heterocycles. The summed E-state index contributed by atoms with van der Waals surface area (Å²) < 4.78 is 34.5. The van der Waals surface area contributed by atoms with Crippen molar-refractivity contribution in [1.29, 1.82) is 0 Å². The van der Waals surface area contributed by atoms with Gasteiger partial charge < -0.3 is 33.2 Å². The van der Waals surface area contributed by atoms with Gasteiger partial charge in [0.05, 0.1) is 6.61 Å². The van der Waals surface area contributed by atoms with E-state index in [1.54, 1.807) is 0 Å². The molecule has 0 unspecified atom stereocenters. The number of carbonyl (C=O) groups excluding carboxylic acids is 1. The van der Waals surface area contributed by atoms with Crippen LogP contribution in [0.25, 0.3) is 0 Å². The number of carbonyl (C=O) groups is 1. The van der Waals surface area contributed by atoms with Gasteiger partial charge in [0.2, 0.25) is 0 Å². The lowest BCUT2D eigenvalue weighted by atomic mass is 10.1. The van der Waals surface area contributed by atoms with Crippen LogP contribution in [0, 0.1) is 0 Å². The average molecular weight is 302 g/mol. The summed E-state index contributed by atoms with van der Waals surface area (Å²) in [7, 11) is 0. The lowest BCUT2D eigenvalue weighted by molar-refractivity contribution is -0.235. The Labute approximate surface area is 123 Å².